The van der Waals surface area contributed by atoms with Crippen LogP contribution in [0.25, 0.3) is 11.0 Å². The molecule has 2 aliphatic rings. The first kappa shape index (κ1) is 20.8. The molecule has 1 amide bonds. The van der Waals surface area contributed by atoms with Gasteiger partial charge in [0.15, 0.2) is 17.4 Å². The summed E-state index contributed by atoms with van der Waals surface area (Å²) in [6, 6.07) is 5.73. The highest BCUT2D eigenvalue weighted by Crippen LogP contribution is 2.49. The van der Waals surface area contributed by atoms with Gasteiger partial charge in [0, 0.05) is 61.9 Å². The molecule has 5 rings (SSSR count). The zero-order chi connectivity index (χ0) is 22.4. The summed E-state index contributed by atoms with van der Waals surface area (Å²) in [6.07, 6.45) is 3.84. The number of likely N-dealkylation sites (N-methyl/N-ethyl adjacent to an activating group) is 1. The van der Waals surface area contributed by atoms with Gasteiger partial charge in [-0.05, 0) is 42.6 Å². The van der Waals surface area contributed by atoms with Crippen LogP contribution in [-0.4, -0.2) is 64.7 Å². The van der Waals surface area contributed by atoms with Crippen molar-refractivity contribution in [1.29, 1.82) is 0 Å². The third kappa shape index (κ3) is 3.79. The van der Waals surface area contributed by atoms with E-state index in [1.807, 2.05) is 11.0 Å². The first-order chi connectivity index (χ1) is 15.4. The molecule has 2 aromatic heterocycles. The Bertz CT molecular complexity index is 1200. The molecule has 1 saturated carbocycles. The quantitative estimate of drug-likeness (QED) is 0.622. The van der Waals surface area contributed by atoms with E-state index in [0.29, 0.717) is 16.6 Å². The molecular formula is C24H24F2N4O2. The number of piperazine rings is 1. The maximum absolute atomic E-state index is 14.0. The maximum Gasteiger partial charge on any atom is 0.226 e. The fraction of sp³-hybridized carbons (Fsp3) is 0.375. The number of rotatable bonds is 5. The van der Waals surface area contributed by atoms with E-state index in [0.717, 1.165) is 44.2 Å². The largest absolute Gasteiger partial charge is 0.345 e. The number of Topliss-reactive ketones (excluding diaryl/α,β-unsaturated/α-hetero) is 1. The third-order valence-electron chi connectivity index (χ3n) is 6.59. The van der Waals surface area contributed by atoms with Crippen molar-refractivity contribution in [2.45, 2.75) is 18.8 Å². The van der Waals surface area contributed by atoms with Crippen LogP contribution in [0.5, 0.6) is 0 Å². The molecule has 3 aromatic rings. The van der Waals surface area contributed by atoms with E-state index in [9.17, 15) is 18.4 Å². The van der Waals surface area contributed by atoms with E-state index >= 15 is 0 Å². The first-order valence-electron chi connectivity index (χ1n) is 10.8. The van der Waals surface area contributed by atoms with E-state index in [2.05, 4.69) is 21.9 Å². The molecule has 0 spiro atoms. The lowest BCUT2D eigenvalue weighted by molar-refractivity contribution is -0.134. The standard InChI is InChI=1S/C24H24F2N4O2/c1-29-5-7-30(8-6-29)24(32)18-11-16(18)15-9-17-19(13-28-23(17)27-12-15)21(31)10-14-3-2-4-20(25)22(14)26/h2-4,9,12-13,16,18H,5-8,10-11H2,1H3,(H,27,28)/t16-,18-/m0/s1. The number of carbonyl (C=O) groups is 2. The van der Waals surface area contributed by atoms with Crippen LogP contribution in [0.4, 0.5) is 8.78 Å². The second kappa shape index (κ2) is 8.09. The number of pyridine rings is 1. The van der Waals surface area contributed by atoms with Gasteiger partial charge < -0.3 is 14.8 Å². The summed E-state index contributed by atoms with van der Waals surface area (Å²) in [7, 11) is 2.06. The average Bonchev–Trinajstić information content (AvgIpc) is 3.48. The number of carbonyl (C=O) groups excluding carboxylic acids is 2. The Morgan fingerprint density at radius 3 is 2.75 bits per heavy atom. The van der Waals surface area contributed by atoms with Gasteiger partial charge in [-0.3, -0.25) is 9.59 Å². The van der Waals surface area contributed by atoms with Gasteiger partial charge in [-0.25, -0.2) is 13.8 Å². The number of amides is 1. The summed E-state index contributed by atoms with van der Waals surface area (Å²) in [5.41, 5.74) is 1.89. The number of aromatic amines is 1. The van der Waals surface area contributed by atoms with E-state index in [-0.39, 0.29) is 35.5 Å². The maximum atomic E-state index is 14.0. The summed E-state index contributed by atoms with van der Waals surface area (Å²) in [6.45, 7) is 3.28. The molecule has 1 aliphatic carbocycles. The minimum atomic E-state index is -0.997. The predicted molar refractivity (Wildman–Crippen MR) is 115 cm³/mol. The molecule has 2 atom stereocenters. The van der Waals surface area contributed by atoms with Crippen molar-refractivity contribution in [2.75, 3.05) is 33.2 Å². The van der Waals surface area contributed by atoms with Gasteiger partial charge in [0.2, 0.25) is 5.91 Å². The van der Waals surface area contributed by atoms with Crippen LogP contribution >= 0.6 is 0 Å². The number of H-pyrrole nitrogens is 1. The molecule has 0 bridgehead atoms. The lowest BCUT2D eigenvalue weighted by Crippen LogP contribution is -2.47. The molecule has 6 nitrogen and oxygen atoms in total. The van der Waals surface area contributed by atoms with Crippen LogP contribution in [0.1, 0.15) is 33.8 Å². The van der Waals surface area contributed by atoms with Crippen LogP contribution in [0.2, 0.25) is 0 Å². The first-order valence-corrected chi connectivity index (χ1v) is 10.8. The fourth-order valence-corrected chi connectivity index (χ4v) is 4.50. The van der Waals surface area contributed by atoms with Crippen LogP contribution in [-0.2, 0) is 11.2 Å². The molecule has 0 unspecified atom stereocenters. The molecule has 3 heterocycles. The number of hydrogen-bond donors (Lipinski definition) is 1. The summed E-state index contributed by atoms with van der Waals surface area (Å²) in [5.74, 6) is -2.05. The summed E-state index contributed by atoms with van der Waals surface area (Å²) < 4.78 is 27.5. The zero-order valence-corrected chi connectivity index (χ0v) is 17.8. The minimum absolute atomic E-state index is 0.0218. The van der Waals surface area contributed by atoms with Gasteiger partial charge in [-0.1, -0.05) is 12.1 Å². The second-order valence-corrected chi connectivity index (χ2v) is 8.76. The van der Waals surface area contributed by atoms with E-state index in [1.165, 1.54) is 12.1 Å². The third-order valence-corrected chi connectivity index (χ3v) is 6.59. The normalized spacial score (nSPS) is 21.2. The number of nitrogens with zero attached hydrogens (tertiary/aromatic N) is 3. The van der Waals surface area contributed by atoms with Crippen LogP contribution in [0.3, 0.4) is 0 Å². The lowest BCUT2D eigenvalue weighted by atomic mass is 10.0. The highest BCUT2D eigenvalue weighted by molar-refractivity contribution is 6.08. The van der Waals surface area contributed by atoms with Crippen LogP contribution in [0, 0.1) is 17.6 Å². The van der Waals surface area contributed by atoms with Gasteiger partial charge in [0.25, 0.3) is 0 Å². The SMILES string of the molecule is CN1CCN(C(=O)[C@H]2C[C@H]2c2cnc3[nH]cc(C(=O)Cc4cccc(F)c4F)c3c2)CC1. The van der Waals surface area contributed by atoms with Gasteiger partial charge in [0.1, 0.15) is 5.65 Å². The molecule has 1 N–H and O–H groups in total. The van der Waals surface area contributed by atoms with Crippen LogP contribution in [0.15, 0.2) is 36.7 Å². The monoisotopic (exact) mass is 438 g/mol. The molecule has 32 heavy (non-hydrogen) atoms. The summed E-state index contributed by atoms with van der Waals surface area (Å²) >= 11 is 0. The summed E-state index contributed by atoms with van der Waals surface area (Å²) in [5, 5.41) is 0.641. The van der Waals surface area contributed by atoms with Crippen molar-refractivity contribution in [3.05, 3.63) is 65.0 Å². The second-order valence-electron chi connectivity index (χ2n) is 8.76. The van der Waals surface area contributed by atoms with Crippen molar-refractivity contribution < 1.29 is 18.4 Å². The molecule has 8 heteroatoms. The number of ketones is 1. The Hall–Kier alpha value is -3.13. The van der Waals surface area contributed by atoms with Crippen LogP contribution < -0.4 is 0 Å². The van der Waals surface area contributed by atoms with Crippen molar-refractivity contribution in [3.8, 4) is 0 Å². The Morgan fingerprint density at radius 2 is 1.97 bits per heavy atom. The minimum Gasteiger partial charge on any atom is -0.345 e. The molecular weight excluding hydrogens is 414 g/mol. The molecule has 1 saturated heterocycles. The predicted octanol–water partition coefficient (Wildman–Crippen LogP) is 3.14. The zero-order valence-electron chi connectivity index (χ0n) is 17.8. The van der Waals surface area contributed by atoms with Crippen molar-refractivity contribution in [3.63, 3.8) is 0 Å². The molecule has 166 valence electrons. The smallest absolute Gasteiger partial charge is 0.226 e. The molecule has 0 radical (unpaired) electrons. The van der Waals surface area contributed by atoms with E-state index in [4.69, 9.17) is 0 Å². The molecule has 1 aliphatic heterocycles. The van der Waals surface area contributed by atoms with Crippen molar-refractivity contribution in [2.24, 2.45) is 5.92 Å². The lowest BCUT2D eigenvalue weighted by Gasteiger charge is -2.32. The number of benzene rings is 1. The van der Waals surface area contributed by atoms with Gasteiger partial charge in [-0.15, -0.1) is 0 Å². The highest BCUT2D eigenvalue weighted by atomic mass is 19.2. The Kier molecular flexibility index (Phi) is 5.25. The topological polar surface area (TPSA) is 69.3 Å². The molecule has 1 aromatic carbocycles. The van der Waals surface area contributed by atoms with Gasteiger partial charge in [-0.2, -0.15) is 0 Å². The fourth-order valence-electron chi connectivity index (χ4n) is 4.50. The summed E-state index contributed by atoms with van der Waals surface area (Å²) in [4.78, 5) is 37.3. The highest BCUT2D eigenvalue weighted by Gasteiger charge is 2.46. The number of nitrogens with one attached hydrogen (secondary N) is 1. The van der Waals surface area contributed by atoms with Crippen molar-refractivity contribution in [1.82, 2.24) is 19.8 Å². The Morgan fingerprint density at radius 1 is 1.19 bits per heavy atom. The van der Waals surface area contributed by atoms with E-state index in [1.54, 1.807) is 12.4 Å². The number of aromatic nitrogens is 2. The average molecular weight is 438 g/mol. The van der Waals surface area contributed by atoms with E-state index < -0.39 is 11.6 Å². The number of halogens is 2. The van der Waals surface area contributed by atoms with Crippen molar-refractivity contribution >= 4 is 22.7 Å². The van der Waals surface area contributed by atoms with Gasteiger partial charge in [0.05, 0.1) is 0 Å². The number of fused-ring (bicyclic) bond motifs is 1. The van der Waals surface area contributed by atoms with Gasteiger partial charge >= 0.3 is 0 Å². The Labute approximate surface area is 184 Å². The molecule has 2 fully saturated rings. The number of hydrogen-bond acceptors (Lipinski definition) is 4. The Balaban J connectivity index is 1.34.